The number of nitrogens with two attached hydrogens (primary N) is 1. The largest absolute Gasteiger partial charge is 0.368 e. The molecular formula is C19H16FN5O2S. The first-order chi connectivity index (χ1) is 13.4. The number of carbonyl (C=O) groups excluding carboxylic acids is 2. The minimum absolute atomic E-state index is 0.0581. The smallest absolute Gasteiger partial charge is 0.273 e. The van der Waals surface area contributed by atoms with E-state index in [0.29, 0.717) is 10.8 Å². The molecule has 9 heteroatoms. The molecule has 2 amide bonds. The quantitative estimate of drug-likeness (QED) is 0.707. The van der Waals surface area contributed by atoms with Crippen molar-refractivity contribution in [3.63, 3.8) is 0 Å². The predicted octanol–water partition coefficient (Wildman–Crippen LogP) is 2.80. The van der Waals surface area contributed by atoms with E-state index >= 15 is 0 Å². The normalized spacial score (nSPS) is 16.3. The number of aryl methyl sites for hydroxylation is 1. The molecule has 1 aliphatic rings. The Kier molecular flexibility index (Phi) is 4.52. The maximum absolute atomic E-state index is 13.2. The van der Waals surface area contributed by atoms with Gasteiger partial charge in [0, 0.05) is 6.42 Å². The van der Waals surface area contributed by atoms with Gasteiger partial charge in [0.25, 0.3) is 5.91 Å². The van der Waals surface area contributed by atoms with Crippen LogP contribution in [0.4, 0.5) is 15.2 Å². The fourth-order valence-corrected chi connectivity index (χ4v) is 3.91. The molecule has 0 saturated heterocycles. The molecule has 3 aromatic rings. The number of nitrogens with zero attached hydrogens (tertiary/aromatic N) is 3. The monoisotopic (exact) mass is 397 g/mol. The van der Waals surface area contributed by atoms with Crippen LogP contribution in [-0.4, -0.2) is 28.6 Å². The van der Waals surface area contributed by atoms with E-state index in [9.17, 15) is 14.0 Å². The van der Waals surface area contributed by atoms with Gasteiger partial charge in [0.1, 0.15) is 17.6 Å². The van der Waals surface area contributed by atoms with Crippen molar-refractivity contribution < 1.29 is 14.0 Å². The zero-order chi connectivity index (χ0) is 19.8. The van der Waals surface area contributed by atoms with Crippen molar-refractivity contribution in [3.05, 3.63) is 53.8 Å². The molecule has 0 spiro atoms. The zero-order valence-electron chi connectivity index (χ0n) is 14.8. The number of fused-ring (bicyclic) bond motifs is 1. The second-order valence-electron chi connectivity index (χ2n) is 6.43. The summed E-state index contributed by atoms with van der Waals surface area (Å²) in [4.78, 5) is 28.9. The summed E-state index contributed by atoms with van der Waals surface area (Å²) in [6.07, 6.45) is 0.0581. The Bertz CT molecular complexity index is 1110. The molecule has 3 N–H and O–H groups in total. The van der Waals surface area contributed by atoms with Crippen LogP contribution in [0.1, 0.15) is 12.0 Å². The molecule has 4 rings (SSSR count). The Labute approximate surface area is 163 Å². The van der Waals surface area contributed by atoms with Gasteiger partial charge >= 0.3 is 0 Å². The van der Waals surface area contributed by atoms with E-state index < -0.39 is 23.7 Å². The number of aromatic nitrogens is 1. The molecule has 2 heterocycles. The van der Waals surface area contributed by atoms with Gasteiger partial charge in [-0.05, 0) is 48.9 Å². The molecule has 0 bridgehead atoms. The van der Waals surface area contributed by atoms with Gasteiger partial charge in [-0.15, -0.1) is 0 Å². The van der Waals surface area contributed by atoms with E-state index in [4.69, 9.17) is 5.73 Å². The number of anilines is 2. The Hall–Kier alpha value is -3.33. The Morgan fingerprint density at radius 1 is 1.25 bits per heavy atom. The number of rotatable bonds is 4. The Morgan fingerprint density at radius 2 is 2.00 bits per heavy atom. The third kappa shape index (κ3) is 3.44. The summed E-state index contributed by atoms with van der Waals surface area (Å²) in [5.74, 6) is -1.48. The van der Waals surface area contributed by atoms with Crippen molar-refractivity contribution >= 4 is 49.9 Å². The first-order valence-corrected chi connectivity index (χ1v) is 9.32. The first-order valence-electron chi connectivity index (χ1n) is 8.51. The maximum atomic E-state index is 13.2. The van der Waals surface area contributed by atoms with Crippen LogP contribution in [0.2, 0.25) is 0 Å². The third-order valence-corrected chi connectivity index (χ3v) is 5.29. The van der Waals surface area contributed by atoms with Crippen molar-refractivity contribution in [2.75, 3.05) is 10.3 Å². The minimum atomic E-state index is -0.816. The molecule has 0 fully saturated rings. The topological polar surface area (TPSA) is 101 Å². The van der Waals surface area contributed by atoms with Crippen LogP contribution in [0.25, 0.3) is 10.2 Å². The molecular weight excluding hydrogens is 381 g/mol. The van der Waals surface area contributed by atoms with Gasteiger partial charge in [0.15, 0.2) is 5.13 Å². The highest BCUT2D eigenvalue weighted by Crippen LogP contribution is 2.28. The Balaban J connectivity index is 1.58. The lowest BCUT2D eigenvalue weighted by Gasteiger charge is -2.20. The second-order valence-corrected chi connectivity index (χ2v) is 7.46. The summed E-state index contributed by atoms with van der Waals surface area (Å²) in [7, 11) is 0. The summed E-state index contributed by atoms with van der Waals surface area (Å²) < 4.78 is 14.1. The molecule has 0 aliphatic carbocycles. The molecule has 2 aromatic carbocycles. The number of hydrogen-bond acceptors (Lipinski definition) is 6. The molecule has 1 atom stereocenters. The van der Waals surface area contributed by atoms with Crippen LogP contribution in [-0.2, 0) is 9.59 Å². The lowest BCUT2D eigenvalue weighted by atomic mass is 10.1. The van der Waals surface area contributed by atoms with E-state index in [1.807, 2.05) is 25.1 Å². The standard InChI is InChI=1S/C19H16FN5O2S/c1-10-2-7-13-16(8-10)28-19(22-13)23-18(27)14-9-15(17(21)26)25(24-14)12-5-3-11(20)4-6-12/h2-8,15H,9H2,1H3,(H2,21,26)(H,22,23,27)/t15-/m1/s1. The molecule has 7 nitrogen and oxygen atoms in total. The summed E-state index contributed by atoms with van der Waals surface area (Å²) in [5, 5.41) is 8.77. The molecule has 0 radical (unpaired) electrons. The predicted molar refractivity (Wildman–Crippen MR) is 107 cm³/mol. The molecule has 0 unspecified atom stereocenters. The summed E-state index contributed by atoms with van der Waals surface area (Å²) in [6.45, 7) is 1.98. The second kappa shape index (κ2) is 7.01. The van der Waals surface area contributed by atoms with Crippen LogP contribution in [0, 0.1) is 12.7 Å². The fraction of sp³-hybridized carbons (Fsp3) is 0.158. The first kappa shape index (κ1) is 18.1. The van der Waals surface area contributed by atoms with Crippen LogP contribution in [0.3, 0.4) is 0 Å². The zero-order valence-corrected chi connectivity index (χ0v) is 15.7. The van der Waals surface area contributed by atoms with Crippen LogP contribution in [0.5, 0.6) is 0 Å². The number of hydrazone groups is 1. The van der Waals surface area contributed by atoms with E-state index in [2.05, 4.69) is 15.4 Å². The van der Waals surface area contributed by atoms with Crippen LogP contribution in [0.15, 0.2) is 47.6 Å². The number of nitrogens with one attached hydrogen (secondary N) is 1. The van der Waals surface area contributed by atoms with Crippen molar-refractivity contribution in [1.82, 2.24) is 4.98 Å². The minimum Gasteiger partial charge on any atom is -0.368 e. The van der Waals surface area contributed by atoms with E-state index in [-0.39, 0.29) is 12.1 Å². The molecule has 0 saturated carbocycles. The van der Waals surface area contributed by atoms with Gasteiger partial charge in [0.2, 0.25) is 5.91 Å². The van der Waals surface area contributed by atoms with Crippen molar-refractivity contribution in [1.29, 1.82) is 0 Å². The SMILES string of the molecule is Cc1ccc2nc(NC(=O)C3=NN(c4ccc(F)cc4)[C@@H](C(N)=O)C3)sc2c1. The lowest BCUT2D eigenvalue weighted by Crippen LogP contribution is -2.39. The molecule has 1 aliphatic heterocycles. The number of amides is 2. The number of thiazole rings is 1. The van der Waals surface area contributed by atoms with Gasteiger partial charge in [-0.2, -0.15) is 5.10 Å². The molecule has 1 aromatic heterocycles. The number of primary amides is 1. The third-order valence-electron chi connectivity index (χ3n) is 4.36. The van der Waals surface area contributed by atoms with Crippen LogP contribution >= 0.6 is 11.3 Å². The highest BCUT2D eigenvalue weighted by atomic mass is 32.1. The number of benzene rings is 2. The molecule has 28 heavy (non-hydrogen) atoms. The highest BCUT2D eigenvalue weighted by Gasteiger charge is 2.35. The van der Waals surface area contributed by atoms with Gasteiger partial charge in [-0.3, -0.25) is 19.9 Å². The maximum Gasteiger partial charge on any atom is 0.273 e. The van der Waals surface area contributed by atoms with E-state index in [1.54, 1.807) is 0 Å². The fourth-order valence-electron chi connectivity index (χ4n) is 2.96. The van der Waals surface area contributed by atoms with Crippen molar-refractivity contribution in [2.45, 2.75) is 19.4 Å². The van der Waals surface area contributed by atoms with Gasteiger partial charge in [-0.25, -0.2) is 9.37 Å². The average molecular weight is 397 g/mol. The van der Waals surface area contributed by atoms with Crippen molar-refractivity contribution in [2.24, 2.45) is 10.8 Å². The summed E-state index contributed by atoms with van der Waals surface area (Å²) >= 11 is 1.36. The summed E-state index contributed by atoms with van der Waals surface area (Å²) in [6, 6.07) is 10.5. The Morgan fingerprint density at radius 3 is 2.71 bits per heavy atom. The van der Waals surface area contributed by atoms with Crippen molar-refractivity contribution in [3.8, 4) is 0 Å². The van der Waals surface area contributed by atoms with E-state index in [1.165, 1.54) is 40.6 Å². The van der Waals surface area contributed by atoms with Gasteiger partial charge in [0.05, 0.1) is 15.9 Å². The average Bonchev–Trinajstić information content (AvgIpc) is 3.26. The summed E-state index contributed by atoms with van der Waals surface area (Å²) in [5.41, 5.74) is 8.00. The van der Waals surface area contributed by atoms with E-state index in [0.717, 1.165) is 15.8 Å². The molecule has 142 valence electrons. The van der Waals surface area contributed by atoms with Gasteiger partial charge in [-0.1, -0.05) is 17.4 Å². The highest BCUT2D eigenvalue weighted by molar-refractivity contribution is 7.22. The lowest BCUT2D eigenvalue weighted by molar-refractivity contribution is -0.119. The number of halogens is 1. The van der Waals surface area contributed by atoms with Crippen LogP contribution < -0.4 is 16.1 Å². The number of hydrogen-bond donors (Lipinski definition) is 2. The number of carbonyl (C=O) groups is 2. The van der Waals surface area contributed by atoms with Gasteiger partial charge < -0.3 is 5.73 Å².